The van der Waals surface area contributed by atoms with E-state index in [4.69, 9.17) is 0 Å². The first kappa shape index (κ1) is 16.5. The minimum Gasteiger partial charge on any atom is -0.326 e. The van der Waals surface area contributed by atoms with Crippen molar-refractivity contribution in [1.29, 1.82) is 0 Å². The number of benzene rings is 1. The molecule has 2 aliphatic rings. The predicted molar refractivity (Wildman–Crippen MR) is 89.6 cm³/mol. The van der Waals surface area contributed by atoms with Crippen LogP contribution < -0.4 is 5.32 Å². The predicted octanol–water partition coefficient (Wildman–Crippen LogP) is 2.99. The molecule has 1 aromatic carbocycles. The minimum absolute atomic E-state index is 0.0384. The van der Waals surface area contributed by atoms with Crippen LogP contribution in [-0.4, -0.2) is 31.2 Å². The lowest BCUT2D eigenvalue weighted by Gasteiger charge is -2.32. The molecule has 0 unspecified atom stereocenters. The number of amides is 1. The summed E-state index contributed by atoms with van der Waals surface area (Å²) in [6.45, 7) is 2.55. The molecule has 0 aromatic heterocycles. The molecule has 1 aromatic rings. The number of nitrogens with one attached hydrogen (secondary N) is 1. The molecule has 0 spiro atoms. The standard InChI is InChI=1S/C17H24N2O3S/c1-13-5-2-3-12-19(13)23(21,22)16-10-8-15(9-11-16)18-17(20)14-6-4-7-14/h8-11,13-14H,2-7,12H2,1H3,(H,18,20)/t13-/m1/s1. The summed E-state index contributed by atoms with van der Waals surface area (Å²) in [5.74, 6) is 0.157. The van der Waals surface area contributed by atoms with Crippen LogP contribution in [0.5, 0.6) is 0 Å². The van der Waals surface area contributed by atoms with E-state index in [1.165, 1.54) is 0 Å². The van der Waals surface area contributed by atoms with Crippen molar-refractivity contribution in [2.75, 3.05) is 11.9 Å². The Labute approximate surface area is 138 Å². The average molecular weight is 336 g/mol. The number of piperidine rings is 1. The molecule has 1 saturated carbocycles. The van der Waals surface area contributed by atoms with E-state index in [1.807, 2.05) is 6.92 Å². The molecule has 6 heteroatoms. The Morgan fingerprint density at radius 2 is 1.78 bits per heavy atom. The lowest BCUT2D eigenvalue weighted by Crippen LogP contribution is -2.41. The third-order valence-corrected chi connectivity index (χ3v) is 6.97. The van der Waals surface area contributed by atoms with Gasteiger partial charge in [-0.05, 0) is 56.9 Å². The maximum atomic E-state index is 12.7. The first-order valence-corrected chi connectivity index (χ1v) is 9.85. The Balaban J connectivity index is 1.71. The maximum Gasteiger partial charge on any atom is 0.243 e. The number of hydrogen-bond acceptors (Lipinski definition) is 3. The Morgan fingerprint density at radius 1 is 1.09 bits per heavy atom. The molecule has 5 nitrogen and oxygen atoms in total. The van der Waals surface area contributed by atoms with E-state index in [1.54, 1.807) is 28.6 Å². The Bertz CT molecular complexity index is 666. The van der Waals surface area contributed by atoms with Gasteiger partial charge in [0.1, 0.15) is 0 Å². The van der Waals surface area contributed by atoms with Crippen LogP contribution in [0.15, 0.2) is 29.2 Å². The molecule has 3 rings (SSSR count). The highest BCUT2D eigenvalue weighted by Gasteiger charge is 2.31. The van der Waals surface area contributed by atoms with Gasteiger partial charge in [0.15, 0.2) is 0 Å². The van der Waals surface area contributed by atoms with Crippen molar-refractivity contribution in [2.24, 2.45) is 5.92 Å². The highest BCUT2D eigenvalue weighted by atomic mass is 32.2. The monoisotopic (exact) mass is 336 g/mol. The normalized spacial score (nSPS) is 23.3. The van der Waals surface area contributed by atoms with Crippen molar-refractivity contribution in [2.45, 2.75) is 56.4 Å². The molecule has 1 aliphatic heterocycles. The second-order valence-electron chi connectivity index (χ2n) is 6.60. The molecule has 1 aliphatic carbocycles. The summed E-state index contributed by atoms with van der Waals surface area (Å²) in [6.07, 6.45) is 5.92. The number of sulfonamides is 1. The molecule has 0 radical (unpaired) electrons. The van der Waals surface area contributed by atoms with Gasteiger partial charge in [0, 0.05) is 24.2 Å². The Kier molecular flexibility index (Phi) is 4.73. The van der Waals surface area contributed by atoms with Crippen molar-refractivity contribution >= 4 is 21.6 Å². The van der Waals surface area contributed by atoms with Gasteiger partial charge in [0.2, 0.25) is 15.9 Å². The van der Waals surface area contributed by atoms with Gasteiger partial charge in [-0.1, -0.05) is 12.8 Å². The van der Waals surface area contributed by atoms with Crippen LogP contribution in [0.3, 0.4) is 0 Å². The number of carbonyl (C=O) groups is 1. The van der Waals surface area contributed by atoms with Gasteiger partial charge in [0.05, 0.1) is 4.90 Å². The summed E-state index contributed by atoms with van der Waals surface area (Å²) in [4.78, 5) is 12.2. The topological polar surface area (TPSA) is 66.5 Å². The summed E-state index contributed by atoms with van der Waals surface area (Å²) in [5.41, 5.74) is 0.660. The van der Waals surface area contributed by atoms with E-state index in [2.05, 4.69) is 5.32 Å². The van der Waals surface area contributed by atoms with Crippen molar-refractivity contribution in [1.82, 2.24) is 4.31 Å². The third kappa shape index (κ3) is 3.43. The van der Waals surface area contributed by atoms with Gasteiger partial charge in [-0.15, -0.1) is 0 Å². The van der Waals surface area contributed by atoms with Crippen LogP contribution in [0.2, 0.25) is 0 Å². The zero-order valence-corrected chi connectivity index (χ0v) is 14.3. The molecule has 1 saturated heterocycles. The average Bonchev–Trinajstić information content (AvgIpc) is 2.46. The van der Waals surface area contributed by atoms with E-state index in [0.717, 1.165) is 38.5 Å². The molecule has 1 amide bonds. The Hall–Kier alpha value is -1.40. The molecule has 2 fully saturated rings. The van der Waals surface area contributed by atoms with E-state index >= 15 is 0 Å². The summed E-state index contributed by atoms with van der Waals surface area (Å²) < 4.78 is 27.1. The van der Waals surface area contributed by atoms with Gasteiger partial charge < -0.3 is 5.32 Å². The van der Waals surface area contributed by atoms with E-state index in [9.17, 15) is 13.2 Å². The lowest BCUT2D eigenvalue weighted by atomic mass is 9.85. The number of carbonyl (C=O) groups excluding carboxylic acids is 1. The van der Waals surface area contributed by atoms with Crippen molar-refractivity contribution in [3.63, 3.8) is 0 Å². The van der Waals surface area contributed by atoms with Gasteiger partial charge in [-0.2, -0.15) is 4.31 Å². The second kappa shape index (κ2) is 6.61. The molecule has 1 N–H and O–H groups in total. The summed E-state index contributed by atoms with van der Waals surface area (Å²) >= 11 is 0. The van der Waals surface area contributed by atoms with Crippen LogP contribution >= 0.6 is 0 Å². The Morgan fingerprint density at radius 3 is 2.35 bits per heavy atom. The molecule has 1 atom stereocenters. The van der Waals surface area contributed by atoms with Crippen molar-refractivity contribution in [3.05, 3.63) is 24.3 Å². The summed E-state index contributed by atoms with van der Waals surface area (Å²) in [7, 11) is -3.45. The van der Waals surface area contributed by atoms with Crippen LogP contribution in [0, 0.1) is 5.92 Å². The number of anilines is 1. The summed E-state index contributed by atoms with van der Waals surface area (Å²) in [5, 5.41) is 2.86. The van der Waals surface area contributed by atoms with Crippen LogP contribution in [0.25, 0.3) is 0 Å². The summed E-state index contributed by atoms with van der Waals surface area (Å²) in [6, 6.07) is 6.59. The molecule has 0 bridgehead atoms. The van der Waals surface area contributed by atoms with Gasteiger partial charge >= 0.3 is 0 Å². The second-order valence-corrected chi connectivity index (χ2v) is 8.49. The molecule has 126 valence electrons. The van der Waals surface area contributed by atoms with Gasteiger partial charge in [-0.3, -0.25) is 4.79 Å². The fraction of sp³-hybridized carbons (Fsp3) is 0.588. The van der Waals surface area contributed by atoms with Crippen molar-refractivity contribution < 1.29 is 13.2 Å². The van der Waals surface area contributed by atoms with Crippen LogP contribution in [-0.2, 0) is 14.8 Å². The third-order valence-electron chi connectivity index (χ3n) is 4.95. The zero-order valence-electron chi connectivity index (χ0n) is 13.5. The molecule has 23 heavy (non-hydrogen) atoms. The molecular weight excluding hydrogens is 312 g/mol. The first-order chi connectivity index (χ1) is 11.0. The van der Waals surface area contributed by atoms with Crippen molar-refractivity contribution in [3.8, 4) is 0 Å². The molecule has 1 heterocycles. The quantitative estimate of drug-likeness (QED) is 0.919. The SMILES string of the molecule is C[C@@H]1CCCCN1S(=O)(=O)c1ccc(NC(=O)C2CCC2)cc1. The van der Waals surface area contributed by atoms with E-state index < -0.39 is 10.0 Å². The minimum atomic E-state index is -3.45. The fourth-order valence-corrected chi connectivity index (χ4v) is 4.89. The first-order valence-electron chi connectivity index (χ1n) is 8.41. The van der Waals surface area contributed by atoms with Gasteiger partial charge in [0.25, 0.3) is 0 Å². The van der Waals surface area contributed by atoms with E-state index in [0.29, 0.717) is 17.1 Å². The smallest absolute Gasteiger partial charge is 0.243 e. The highest BCUT2D eigenvalue weighted by Crippen LogP contribution is 2.28. The largest absolute Gasteiger partial charge is 0.326 e. The zero-order chi connectivity index (χ0) is 16.4. The van der Waals surface area contributed by atoms with Crippen LogP contribution in [0.1, 0.15) is 45.4 Å². The van der Waals surface area contributed by atoms with E-state index in [-0.39, 0.29) is 17.9 Å². The van der Waals surface area contributed by atoms with Gasteiger partial charge in [-0.25, -0.2) is 8.42 Å². The number of nitrogens with zero attached hydrogens (tertiary/aromatic N) is 1. The lowest BCUT2D eigenvalue weighted by molar-refractivity contribution is -0.122. The number of rotatable bonds is 4. The number of hydrogen-bond donors (Lipinski definition) is 1. The van der Waals surface area contributed by atoms with Crippen LogP contribution in [0.4, 0.5) is 5.69 Å². The molecular formula is C17H24N2O3S. The maximum absolute atomic E-state index is 12.7. The fourth-order valence-electron chi connectivity index (χ4n) is 3.19. The highest BCUT2D eigenvalue weighted by molar-refractivity contribution is 7.89.